The van der Waals surface area contributed by atoms with Gasteiger partial charge in [0.05, 0.1) is 18.3 Å². The molecule has 0 spiro atoms. The van der Waals surface area contributed by atoms with Crippen molar-refractivity contribution in [1.29, 1.82) is 0 Å². The average molecular weight is 548 g/mol. The van der Waals surface area contributed by atoms with Gasteiger partial charge in [-0.15, -0.1) is 0 Å². The normalized spacial score (nSPS) is 35.4. The number of nitrogens with one attached hydrogen (secondary N) is 1. The van der Waals surface area contributed by atoms with Gasteiger partial charge in [0.2, 0.25) is 0 Å². The molecule has 4 aliphatic carbocycles. The van der Waals surface area contributed by atoms with Gasteiger partial charge in [-0.1, -0.05) is 70.1 Å². The van der Waals surface area contributed by atoms with Crippen LogP contribution < -0.4 is 0 Å². The Bertz CT molecular complexity index is 1140. The third-order valence-corrected chi connectivity index (χ3v) is 11.2. The Morgan fingerprint density at radius 2 is 1.90 bits per heavy atom. The maximum atomic E-state index is 11.3. The van der Waals surface area contributed by atoms with E-state index in [9.17, 15) is 15.3 Å². The largest absolute Gasteiger partial charge is 0.393 e. The summed E-state index contributed by atoms with van der Waals surface area (Å²) in [6.07, 6.45) is 21.2. The summed E-state index contributed by atoms with van der Waals surface area (Å²) in [5.74, 6) is 1.61. The topological polar surface area (TPSA) is 76.5 Å². The summed E-state index contributed by atoms with van der Waals surface area (Å²) in [4.78, 5) is 3.65. The molecule has 5 rings (SSSR count). The van der Waals surface area contributed by atoms with Crippen molar-refractivity contribution in [3.05, 3.63) is 71.1 Å². The number of H-pyrrole nitrogens is 1. The molecule has 4 aliphatic rings. The Hall–Kier alpha value is -1.88. The second kappa shape index (κ2) is 12.2. The molecule has 4 saturated carbocycles. The molecule has 4 fully saturated rings. The number of aromatic amines is 1. The first-order valence-corrected chi connectivity index (χ1v) is 16.2. The highest BCUT2D eigenvalue weighted by molar-refractivity contribution is 5.39. The van der Waals surface area contributed by atoms with Gasteiger partial charge in [-0.25, -0.2) is 0 Å². The summed E-state index contributed by atoms with van der Waals surface area (Å²) in [6.45, 7) is 11.2. The second-order valence-corrected chi connectivity index (χ2v) is 13.9. The van der Waals surface area contributed by atoms with Crippen LogP contribution in [0.3, 0.4) is 0 Å². The lowest BCUT2D eigenvalue weighted by Crippen LogP contribution is -2.35. The number of rotatable bonds is 10. The predicted molar refractivity (Wildman–Crippen MR) is 164 cm³/mol. The number of aromatic nitrogens is 1. The van der Waals surface area contributed by atoms with E-state index in [0.29, 0.717) is 30.6 Å². The highest BCUT2D eigenvalue weighted by atomic mass is 16.3. The van der Waals surface area contributed by atoms with E-state index in [0.717, 1.165) is 36.8 Å². The van der Waals surface area contributed by atoms with Gasteiger partial charge in [-0.2, -0.15) is 0 Å². The molecule has 0 aliphatic heterocycles. The number of hydrogen-bond acceptors (Lipinski definition) is 3. The van der Waals surface area contributed by atoms with Crippen molar-refractivity contribution < 1.29 is 15.3 Å². The van der Waals surface area contributed by atoms with Gasteiger partial charge in [0.1, 0.15) is 0 Å². The summed E-state index contributed by atoms with van der Waals surface area (Å²) in [6, 6.07) is 4.44. The van der Waals surface area contributed by atoms with E-state index >= 15 is 0 Å². The van der Waals surface area contributed by atoms with Gasteiger partial charge >= 0.3 is 0 Å². The number of aryl methyl sites for hydroxylation is 1. The van der Waals surface area contributed by atoms with Crippen LogP contribution >= 0.6 is 0 Å². The SMILES string of the molecule is C=C1/C(=C\C=C2/CCC[C@]3(C)[C@@H]([C@H](C)/C=C/[C@H](O)C4(c5ccc(CCCCC)[nH]5)CC4)CC[C@@H]23)C[C@@H](O)C[C@@H]1O. The fraction of sp³-hybridized carbons (Fsp3) is 0.667. The number of allylic oxidation sites excluding steroid dienone is 4. The van der Waals surface area contributed by atoms with E-state index in [-0.39, 0.29) is 10.8 Å². The molecule has 1 aromatic heterocycles. The van der Waals surface area contributed by atoms with Gasteiger partial charge in [-0.05, 0) is 111 Å². The van der Waals surface area contributed by atoms with Crippen molar-refractivity contribution in [2.75, 3.05) is 0 Å². The number of hydrogen-bond donors (Lipinski definition) is 4. The van der Waals surface area contributed by atoms with E-state index in [1.807, 2.05) is 0 Å². The van der Waals surface area contributed by atoms with Crippen LogP contribution in [0.1, 0.15) is 109 Å². The van der Waals surface area contributed by atoms with Crippen LogP contribution in [-0.4, -0.2) is 38.6 Å². The molecule has 1 heterocycles. The van der Waals surface area contributed by atoms with Crippen LogP contribution in [0.25, 0.3) is 0 Å². The first kappa shape index (κ1) is 29.6. The zero-order chi connectivity index (χ0) is 28.5. The van der Waals surface area contributed by atoms with Crippen molar-refractivity contribution in [3.8, 4) is 0 Å². The quantitative estimate of drug-likeness (QED) is 0.181. The first-order chi connectivity index (χ1) is 19.2. The molecule has 0 bridgehead atoms. The minimum Gasteiger partial charge on any atom is -0.393 e. The second-order valence-electron chi connectivity index (χ2n) is 13.9. The molecule has 4 nitrogen and oxygen atoms in total. The molecule has 0 amide bonds. The van der Waals surface area contributed by atoms with E-state index < -0.39 is 18.3 Å². The van der Waals surface area contributed by atoms with Gasteiger partial charge in [0.15, 0.2) is 0 Å². The molecule has 40 heavy (non-hydrogen) atoms. The van der Waals surface area contributed by atoms with E-state index in [2.05, 4.69) is 68.8 Å². The van der Waals surface area contributed by atoms with Crippen LogP contribution in [0.15, 0.2) is 59.7 Å². The molecule has 4 heteroatoms. The molecule has 0 unspecified atom stereocenters. The summed E-state index contributed by atoms with van der Waals surface area (Å²) >= 11 is 0. The Morgan fingerprint density at radius 1 is 1.10 bits per heavy atom. The van der Waals surface area contributed by atoms with Gasteiger partial charge in [0.25, 0.3) is 0 Å². The molecular formula is C36H53NO3. The summed E-state index contributed by atoms with van der Waals surface area (Å²) < 4.78 is 0. The highest BCUT2D eigenvalue weighted by Gasteiger charge is 2.52. The Kier molecular flexibility index (Phi) is 9.00. The predicted octanol–water partition coefficient (Wildman–Crippen LogP) is 7.47. The molecular weight excluding hydrogens is 494 g/mol. The van der Waals surface area contributed by atoms with Crippen LogP contribution in [0.4, 0.5) is 0 Å². The Labute approximate surface area is 242 Å². The standard InChI is InChI=1S/C36H53NO3/c1-5-6-7-10-28-14-17-33(37-28)36(20-21-36)34(40)18-11-24(2)30-15-16-31-26(9-8-19-35(30,31)4)12-13-27-22-29(38)23-32(39)25(27)3/h11-14,17-18,24,29-32,34,37-40H,3,5-10,15-16,19-23H2,1-2,4H3/b18-11+,26-12+,27-13-/t24-,29-,30-,31+,32+,34+,35-/m1/s1. The smallest absolute Gasteiger partial charge is 0.0831 e. The molecule has 1 aromatic rings. The maximum absolute atomic E-state index is 11.3. The summed E-state index contributed by atoms with van der Waals surface area (Å²) in [5, 5.41) is 31.7. The van der Waals surface area contributed by atoms with E-state index in [4.69, 9.17) is 0 Å². The highest BCUT2D eigenvalue weighted by Crippen LogP contribution is 2.60. The van der Waals surface area contributed by atoms with Gasteiger partial charge in [0, 0.05) is 23.2 Å². The average Bonchev–Trinajstić information content (AvgIpc) is 3.46. The first-order valence-electron chi connectivity index (χ1n) is 16.2. The monoisotopic (exact) mass is 547 g/mol. The molecule has 220 valence electrons. The summed E-state index contributed by atoms with van der Waals surface area (Å²) in [7, 11) is 0. The molecule has 0 saturated heterocycles. The van der Waals surface area contributed by atoms with Crippen molar-refractivity contribution in [3.63, 3.8) is 0 Å². The maximum Gasteiger partial charge on any atom is 0.0831 e. The van der Waals surface area contributed by atoms with Crippen LogP contribution in [0.5, 0.6) is 0 Å². The third kappa shape index (κ3) is 5.87. The number of aliphatic hydroxyl groups excluding tert-OH is 3. The molecule has 0 aromatic carbocycles. The van der Waals surface area contributed by atoms with Crippen LogP contribution in [0, 0.1) is 23.2 Å². The zero-order valence-corrected chi connectivity index (χ0v) is 25.2. The Morgan fingerprint density at radius 3 is 2.65 bits per heavy atom. The van der Waals surface area contributed by atoms with E-state index in [1.54, 1.807) is 0 Å². The Balaban J connectivity index is 1.24. The lowest BCUT2D eigenvalue weighted by molar-refractivity contribution is 0.0862. The van der Waals surface area contributed by atoms with Crippen molar-refractivity contribution in [1.82, 2.24) is 4.98 Å². The van der Waals surface area contributed by atoms with Crippen LogP contribution in [0.2, 0.25) is 0 Å². The lowest BCUT2D eigenvalue weighted by atomic mass is 9.61. The summed E-state index contributed by atoms with van der Waals surface area (Å²) in [5.41, 5.74) is 5.96. The van der Waals surface area contributed by atoms with Crippen molar-refractivity contribution in [2.45, 2.75) is 128 Å². The van der Waals surface area contributed by atoms with Crippen molar-refractivity contribution >= 4 is 0 Å². The van der Waals surface area contributed by atoms with Gasteiger partial charge < -0.3 is 20.3 Å². The van der Waals surface area contributed by atoms with Crippen molar-refractivity contribution in [2.24, 2.45) is 23.2 Å². The van der Waals surface area contributed by atoms with Crippen LogP contribution in [-0.2, 0) is 11.8 Å². The molecule has 4 N–H and O–H groups in total. The fourth-order valence-corrected chi connectivity index (χ4v) is 8.51. The lowest BCUT2D eigenvalue weighted by Gasteiger charge is -2.44. The van der Waals surface area contributed by atoms with Gasteiger partial charge in [-0.3, -0.25) is 0 Å². The number of fused-ring (bicyclic) bond motifs is 1. The van der Waals surface area contributed by atoms with E-state index in [1.165, 1.54) is 61.9 Å². The zero-order valence-electron chi connectivity index (χ0n) is 25.2. The minimum atomic E-state index is -0.636. The number of aliphatic hydroxyl groups is 3. The molecule has 0 radical (unpaired) electrons. The fourth-order valence-electron chi connectivity index (χ4n) is 8.51. The molecule has 7 atom stereocenters. The third-order valence-electron chi connectivity index (χ3n) is 11.2. The number of unbranched alkanes of at least 4 members (excludes halogenated alkanes) is 2. The minimum absolute atomic E-state index is 0.125.